The Morgan fingerprint density at radius 2 is 1.84 bits per heavy atom. The van der Waals surface area contributed by atoms with Crippen molar-refractivity contribution in [2.45, 2.75) is 25.7 Å². The molecule has 3 N–H and O–H groups in total. The normalized spacial score (nSPS) is 20.5. The Bertz CT molecular complexity index is 1180. The summed E-state index contributed by atoms with van der Waals surface area (Å²) in [5.74, 6) is 1.43. The minimum Gasteiger partial charge on any atom is -0.396 e. The number of benzene rings is 1. The number of hydrogen-bond donors (Lipinski definition) is 3. The number of carbonyl (C=O) groups is 1. The highest BCUT2D eigenvalue weighted by Gasteiger charge is 2.21. The molecule has 3 aromatic rings. The molecule has 2 aromatic heterocycles. The van der Waals surface area contributed by atoms with Crippen LogP contribution in [0.25, 0.3) is 10.6 Å². The van der Waals surface area contributed by atoms with Gasteiger partial charge in [-0.05, 0) is 81.0 Å². The van der Waals surface area contributed by atoms with Crippen molar-refractivity contribution in [3.05, 3.63) is 53.5 Å². The number of piperazine rings is 1. The predicted octanol–water partition coefficient (Wildman–Crippen LogP) is 4.23. The van der Waals surface area contributed by atoms with Crippen LogP contribution in [0.2, 0.25) is 0 Å². The number of aromatic nitrogens is 2. The number of nitrogens with one attached hydrogen (secondary N) is 2. The average Bonchev–Trinajstić information content (AvgIpc) is 3.43. The van der Waals surface area contributed by atoms with E-state index in [1.54, 1.807) is 6.20 Å². The van der Waals surface area contributed by atoms with Gasteiger partial charge in [-0.25, -0.2) is 9.97 Å². The Balaban J connectivity index is 1.19. The van der Waals surface area contributed by atoms with E-state index in [1.165, 1.54) is 17.0 Å². The highest BCUT2D eigenvalue weighted by Crippen LogP contribution is 2.30. The number of hydrogen-bond acceptors (Lipinski definition) is 8. The second-order valence-corrected chi connectivity index (χ2v) is 11.3. The van der Waals surface area contributed by atoms with Crippen molar-refractivity contribution in [2.75, 3.05) is 56.6 Å². The van der Waals surface area contributed by atoms with Crippen LogP contribution in [-0.2, 0) is 0 Å². The second kappa shape index (κ2) is 12.0. The summed E-state index contributed by atoms with van der Waals surface area (Å²) in [6, 6.07) is 14.1. The lowest BCUT2D eigenvalue weighted by Crippen LogP contribution is -2.44. The molecule has 196 valence electrons. The molecule has 0 spiro atoms. The standard InChI is InChI=1S/C28H36N6O2S/c1-33-13-15-34(16-14-33)23-4-2-3-22(17-23)31-28-29-12-11-24(32-28)25-9-10-26(37-25)27(36)30-18-20-5-7-21(19-35)8-6-20/h2-4,9-12,17,20-21,35H,5-8,13-16,18-19H2,1H3,(H,30,36)(H,29,31,32). The third-order valence-electron chi connectivity index (χ3n) is 7.48. The topological polar surface area (TPSA) is 93.6 Å². The number of anilines is 3. The maximum atomic E-state index is 12.7. The maximum Gasteiger partial charge on any atom is 0.261 e. The molecule has 9 heteroatoms. The molecule has 1 saturated heterocycles. The first-order valence-electron chi connectivity index (χ1n) is 13.2. The summed E-state index contributed by atoms with van der Waals surface area (Å²) < 4.78 is 0. The molecule has 1 aliphatic heterocycles. The fourth-order valence-corrected chi connectivity index (χ4v) is 5.96. The molecule has 1 aromatic carbocycles. The van der Waals surface area contributed by atoms with Crippen LogP contribution in [0, 0.1) is 11.8 Å². The molecule has 1 saturated carbocycles. The number of amides is 1. The summed E-state index contributed by atoms with van der Waals surface area (Å²) in [5.41, 5.74) is 2.94. The number of aliphatic hydroxyl groups excluding tert-OH is 1. The predicted molar refractivity (Wildman–Crippen MR) is 150 cm³/mol. The van der Waals surface area contributed by atoms with E-state index in [2.05, 4.69) is 50.7 Å². The van der Waals surface area contributed by atoms with Crippen molar-refractivity contribution in [1.29, 1.82) is 0 Å². The summed E-state index contributed by atoms with van der Waals surface area (Å²) >= 11 is 1.45. The van der Waals surface area contributed by atoms with Crippen molar-refractivity contribution < 1.29 is 9.90 Å². The lowest BCUT2D eigenvalue weighted by atomic mass is 9.82. The summed E-state index contributed by atoms with van der Waals surface area (Å²) in [4.78, 5) is 28.3. The highest BCUT2D eigenvalue weighted by atomic mass is 32.1. The Morgan fingerprint density at radius 1 is 1.05 bits per heavy atom. The molecule has 3 heterocycles. The first-order chi connectivity index (χ1) is 18.1. The molecule has 8 nitrogen and oxygen atoms in total. The largest absolute Gasteiger partial charge is 0.396 e. The van der Waals surface area contributed by atoms with Gasteiger partial charge in [0.2, 0.25) is 5.95 Å². The molecule has 1 aliphatic carbocycles. The van der Waals surface area contributed by atoms with Crippen LogP contribution >= 0.6 is 11.3 Å². The highest BCUT2D eigenvalue weighted by molar-refractivity contribution is 7.17. The smallest absolute Gasteiger partial charge is 0.261 e. The Kier molecular flexibility index (Phi) is 8.33. The molecular formula is C28H36N6O2S. The SMILES string of the molecule is CN1CCN(c2cccc(Nc3nccc(-c4ccc(C(=O)NCC5CCC(CO)CC5)s4)n3)c2)CC1. The second-order valence-electron chi connectivity index (χ2n) is 10.2. The lowest BCUT2D eigenvalue weighted by molar-refractivity contribution is 0.0941. The number of nitrogens with zero attached hydrogens (tertiary/aromatic N) is 4. The minimum absolute atomic E-state index is 0.0337. The van der Waals surface area contributed by atoms with Crippen LogP contribution in [-0.4, -0.2) is 72.3 Å². The first kappa shape index (κ1) is 25.6. The molecule has 0 radical (unpaired) electrons. The number of likely N-dealkylation sites (N-methyl/N-ethyl adjacent to an activating group) is 1. The van der Waals surface area contributed by atoms with Crippen LogP contribution in [0.1, 0.15) is 35.4 Å². The van der Waals surface area contributed by atoms with Crippen LogP contribution < -0.4 is 15.5 Å². The van der Waals surface area contributed by atoms with E-state index in [0.717, 1.165) is 68.1 Å². The zero-order chi connectivity index (χ0) is 25.6. The molecule has 2 fully saturated rings. The van der Waals surface area contributed by atoms with Gasteiger partial charge in [-0.2, -0.15) is 0 Å². The molecule has 5 rings (SSSR count). The van der Waals surface area contributed by atoms with Gasteiger partial charge >= 0.3 is 0 Å². The molecule has 2 aliphatic rings. The van der Waals surface area contributed by atoms with Gasteiger partial charge in [0.15, 0.2) is 0 Å². The molecule has 0 bridgehead atoms. The lowest BCUT2D eigenvalue weighted by Gasteiger charge is -2.34. The zero-order valence-corrected chi connectivity index (χ0v) is 22.2. The van der Waals surface area contributed by atoms with E-state index < -0.39 is 0 Å². The summed E-state index contributed by atoms with van der Waals surface area (Å²) in [5, 5.41) is 15.8. The number of carbonyl (C=O) groups excluding carboxylic acids is 1. The van der Waals surface area contributed by atoms with Crippen LogP contribution in [0.5, 0.6) is 0 Å². The summed E-state index contributed by atoms with van der Waals surface area (Å²) in [6.07, 6.45) is 5.97. The van der Waals surface area contributed by atoms with Crippen molar-refractivity contribution in [1.82, 2.24) is 20.2 Å². The van der Waals surface area contributed by atoms with Crippen LogP contribution in [0.3, 0.4) is 0 Å². The van der Waals surface area contributed by atoms with Gasteiger partial charge in [-0.15, -0.1) is 11.3 Å². The van der Waals surface area contributed by atoms with E-state index in [1.807, 2.05) is 24.3 Å². The van der Waals surface area contributed by atoms with Crippen molar-refractivity contribution >= 4 is 34.6 Å². The van der Waals surface area contributed by atoms with Crippen molar-refractivity contribution in [3.63, 3.8) is 0 Å². The van der Waals surface area contributed by atoms with E-state index in [9.17, 15) is 9.90 Å². The van der Waals surface area contributed by atoms with Gasteiger partial charge in [0, 0.05) is 56.9 Å². The van der Waals surface area contributed by atoms with E-state index in [4.69, 9.17) is 4.98 Å². The molecular weight excluding hydrogens is 484 g/mol. The van der Waals surface area contributed by atoms with Gasteiger partial charge in [0.1, 0.15) is 0 Å². The zero-order valence-electron chi connectivity index (χ0n) is 21.4. The van der Waals surface area contributed by atoms with Crippen molar-refractivity contribution in [2.24, 2.45) is 11.8 Å². The minimum atomic E-state index is -0.0337. The number of aliphatic hydroxyl groups is 1. The quantitative estimate of drug-likeness (QED) is 0.409. The third-order valence-corrected chi connectivity index (χ3v) is 8.59. The molecule has 0 unspecified atom stereocenters. The van der Waals surface area contributed by atoms with Crippen molar-refractivity contribution in [3.8, 4) is 10.6 Å². The van der Waals surface area contributed by atoms with Crippen LogP contribution in [0.15, 0.2) is 48.7 Å². The molecule has 1 amide bonds. The van der Waals surface area contributed by atoms with Gasteiger partial charge in [0.25, 0.3) is 5.91 Å². The van der Waals surface area contributed by atoms with Gasteiger partial charge in [-0.3, -0.25) is 4.79 Å². The van der Waals surface area contributed by atoms with Gasteiger partial charge in [0.05, 0.1) is 15.4 Å². The summed E-state index contributed by atoms with van der Waals surface area (Å²) in [7, 11) is 2.16. The Morgan fingerprint density at radius 3 is 2.62 bits per heavy atom. The Labute approximate surface area is 222 Å². The fraction of sp³-hybridized carbons (Fsp3) is 0.464. The third kappa shape index (κ3) is 6.66. The first-order valence-corrected chi connectivity index (χ1v) is 14.0. The Hall–Kier alpha value is -3.01. The van der Waals surface area contributed by atoms with E-state index in [0.29, 0.717) is 29.2 Å². The fourth-order valence-electron chi connectivity index (χ4n) is 5.07. The van der Waals surface area contributed by atoms with Crippen LogP contribution in [0.4, 0.5) is 17.3 Å². The molecule has 0 atom stereocenters. The van der Waals surface area contributed by atoms with E-state index in [-0.39, 0.29) is 12.5 Å². The molecule has 37 heavy (non-hydrogen) atoms. The van der Waals surface area contributed by atoms with E-state index >= 15 is 0 Å². The maximum absolute atomic E-state index is 12.7. The van der Waals surface area contributed by atoms with Gasteiger partial charge in [-0.1, -0.05) is 6.07 Å². The average molecular weight is 521 g/mol. The monoisotopic (exact) mass is 520 g/mol. The summed E-state index contributed by atoms with van der Waals surface area (Å²) in [6.45, 7) is 5.14. The van der Waals surface area contributed by atoms with Gasteiger partial charge < -0.3 is 25.5 Å². The number of rotatable bonds is 8. The number of thiophene rings is 1.